The predicted molar refractivity (Wildman–Crippen MR) is 66.8 cm³/mol. The third kappa shape index (κ3) is 2.14. The molecule has 0 saturated heterocycles. The van der Waals surface area contributed by atoms with Gasteiger partial charge in [-0.3, -0.25) is 0 Å². The fraction of sp³-hybridized carbons (Fsp3) is 0.867. The molecule has 0 bridgehead atoms. The first-order chi connectivity index (χ1) is 6.88. The first-order valence-electron chi connectivity index (χ1n) is 6.57. The lowest BCUT2D eigenvalue weighted by Crippen LogP contribution is -2.19. The van der Waals surface area contributed by atoms with E-state index >= 15 is 0 Å². The second kappa shape index (κ2) is 3.64. The highest BCUT2D eigenvalue weighted by molar-refractivity contribution is 5.28. The molecule has 0 heterocycles. The van der Waals surface area contributed by atoms with Crippen molar-refractivity contribution in [1.82, 2.24) is 0 Å². The Kier molecular flexibility index (Phi) is 2.73. The minimum absolute atomic E-state index is 0.512. The highest BCUT2D eigenvalue weighted by atomic mass is 14.4. The standard InChI is InChI=1S/C15H26/c1-10(2)11-6-12-8-14(15(3,4)5)9-13(12)7-11/h10-11,14H,6-9H2,1-5H3. The number of hydrogen-bond acceptors (Lipinski definition) is 0. The van der Waals surface area contributed by atoms with E-state index in [9.17, 15) is 0 Å². The molecule has 2 aliphatic rings. The van der Waals surface area contributed by atoms with E-state index in [-0.39, 0.29) is 0 Å². The lowest BCUT2D eigenvalue weighted by Gasteiger charge is -2.29. The van der Waals surface area contributed by atoms with Crippen LogP contribution in [0.15, 0.2) is 11.1 Å². The van der Waals surface area contributed by atoms with Crippen LogP contribution in [0, 0.1) is 23.2 Å². The van der Waals surface area contributed by atoms with Crippen LogP contribution in [0.25, 0.3) is 0 Å². The molecule has 0 amide bonds. The second-order valence-electron chi connectivity index (χ2n) is 7.09. The van der Waals surface area contributed by atoms with Crippen molar-refractivity contribution in [3.63, 3.8) is 0 Å². The molecule has 0 radical (unpaired) electrons. The monoisotopic (exact) mass is 206 g/mol. The lowest BCUT2D eigenvalue weighted by molar-refractivity contribution is 0.239. The van der Waals surface area contributed by atoms with Gasteiger partial charge in [0.05, 0.1) is 0 Å². The van der Waals surface area contributed by atoms with Crippen molar-refractivity contribution in [1.29, 1.82) is 0 Å². The van der Waals surface area contributed by atoms with Crippen LogP contribution in [0.2, 0.25) is 0 Å². The van der Waals surface area contributed by atoms with E-state index in [1.54, 1.807) is 0 Å². The topological polar surface area (TPSA) is 0 Å². The van der Waals surface area contributed by atoms with E-state index in [0.29, 0.717) is 5.41 Å². The maximum absolute atomic E-state index is 2.40. The van der Waals surface area contributed by atoms with Gasteiger partial charge in [0.25, 0.3) is 0 Å². The summed E-state index contributed by atoms with van der Waals surface area (Å²) in [7, 11) is 0. The van der Waals surface area contributed by atoms with Gasteiger partial charge in [-0.15, -0.1) is 0 Å². The zero-order valence-corrected chi connectivity index (χ0v) is 11.1. The summed E-state index contributed by atoms with van der Waals surface area (Å²) in [6.45, 7) is 12.0. The third-order valence-corrected chi connectivity index (χ3v) is 4.67. The second-order valence-corrected chi connectivity index (χ2v) is 7.09. The Morgan fingerprint density at radius 1 is 0.933 bits per heavy atom. The van der Waals surface area contributed by atoms with E-state index in [1.165, 1.54) is 25.7 Å². The van der Waals surface area contributed by atoms with E-state index in [0.717, 1.165) is 17.8 Å². The summed E-state index contributed by atoms with van der Waals surface area (Å²) in [4.78, 5) is 0. The van der Waals surface area contributed by atoms with Crippen LogP contribution >= 0.6 is 0 Å². The van der Waals surface area contributed by atoms with Crippen molar-refractivity contribution < 1.29 is 0 Å². The van der Waals surface area contributed by atoms with Gasteiger partial charge in [-0.05, 0) is 48.9 Å². The Morgan fingerprint density at radius 3 is 1.73 bits per heavy atom. The molecule has 0 aliphatic heterocycles. The van der Waals surface area contributed by atoms with Crippen LogP contribution < -0.4 is 0 Å². The molecule has 2 aliphatic carbocycles. The van der Waals surface area contributed by atoms with E-state index < -0.39 is 0 Å². The number of hydrogen-bond donors (Lipinski definition) is 0. The van der Waals surface area contributed by atoms with Crippen LogP contribution in [0.5, 0.6) is 0 Å². The summed E-state index contributed by atoms with van der Waals surface area (Å²) in [5.74, 6) is 2.77. The summed E-state index contributed by atoms with van der Waals surface area (Å²) >= 11 is 0. The van der Waals surface area contributed by atoms with Crippen LogP contribution in [-0.4, -0.2) is 0 Å². The van der Waals surface area contributed by atoms with Gasteiger partial charge < -0.3 is 0 Å². The van der Waals surface area contributed by atoms with Gasteiger partial charge >= 0.3 is 0 Å². The Balaban J connectivity index is 1.97. The predicted octanol–water partition coefficient (Wildman–Crippen LogP) is 4.81. The fourth-order valence-corrected chi connectivity index (χ4v) is 3.20. The summed E-state index contributed by atoms with van der Waals surface area (Å²) in [6, 6.07) is 0. The maximum atomic E-state index is 2.40. The minimum Gasteiger partial charge on any atom is -0.0704 e. The van der Waals surface area contributed by atoms with Crippen molar-refractivity contribution in [3.05, 3.63) is 11.1 Å². The average molecular weight is 206 g/mol. The molecule has 86 valence electrons. The van der Waals surface area contributed by atoms with Crippen LogP contribution in [-0.2, 0) is 0 Å². The Morgan fingerprint density at radius 2 is 1.40 bits per heavy atom. The van der Waals surface area contributed by atoms with Crippen LogP contribution in [0.3, 0.4) is 0 Å². The SMILES string of the molecule is CC(C)C1CC2=C(C1)CC(C(C)(C)C)C2. The van der Waals surface area contributed by atoms with Gasteiger partial charge in [0.15, 0.2) is 0 Å². The first kappa shape index (κ1) is 11.2. The van der Waals surface area contributed by atoms with Gasteiger partial charge in [0.2, 0.25) is 0 Å². The lowest BCUT2D eigenvalue weighted by atomic mass is 9.76. The molecule has 0 nitrogen and oxygen atoms in total. The molecule has 0 atom stereocenters. The zero-order valence-electron chi connectivity index (χ0n) is 11.1. The Hall–Kier alpha value is -0.260. The van der Waals surface area contributed by atoms with Gasteiger partial charge in [-0.25, -0.2) is 0 Å². The highest BCUT2D eigenvalue weighted by Crippen LogP contribution is 2.51. The molecule has 0 spiro atoms. The first-order valence-corrected chi connectivity index (χ1v) is 6.57. The largest absolute Gasteiger partial charge is 0.0704 e. The molecule has 0 unspecified atom stereocenters. The summed E-state index contributed by atoms with van der Waals surface area (Å²) in [6.07, 6.45) is 5.64. The van der Waals surface area contributed by atoms with E-state index in [1.807, 2.05) is 11.1 Å². The molecule has 0 aromatic rings. The molecular formula is C15H26. The van der Waals surface area contributed by atoms with E-state index in [2.05, 4.69) is 34.6 Å². The highest BCUT2D eigenvalue weighted by Gasteiger charge is 2.37. The average Bonchev–Trinajstić information content (AvgIpc) is 2.55. The molecule has 0 aromatic heterocycles. The van der Waals surface area contributed by atoms with Gasteiger partial charge in [-0.1, -0.05) is 45.8 Å². The Bertz CT molecular complexity index is 257. The van der Waals surface area contributed by atoms with Gasteiger partial charge in [0.1, 0.15) is 0 Å². The van der Waals surface area contributed by atoms with E-state index in [4.69, 9.17) is 0 Å². The molecule has 0 N–H and O–H groups in total. The van der Waals surface area contributed by atoms with Crippen molar-refractivity contribution >= 4 is 0 Å². The zero-order chi connectivity index (χ0) is 11.2. The Labute approximate surface area is 95.1 Å². The van der Waals surface area contributed by atoms with Crippen LogP contribution in [0.4, 0.5) is 0 Å². The van der Waals surface area contributed by atoms with Gasteiger partial charge in [0, 0.05) is 0 Å². The van der Waals surface area contributed by atoms with Crippen molar-refractivity contribution in [2.24, 2.45) is 23.2 Å². The molecule has 0 aromatic carbocycles. The minimum atomic E-state index is 0.512. The number of allylic oxidation sites excluding steroid dienone is 2. The van der Waals surface area contributed by atoms with Crippen molar-refractivity contribution in [2.45, 2.75) is 60.3 Å². The molecule has 0 heteroatoms. The molecule has 0 fully saturated rings. The third-order valence-electron chi connectivity index (χ3n) is 4.67. The smallest absolute Gasteiger partial charge is 0.0281 e. The van der Waals surface area contributed by atoms with Crippen LogP contribution in [0.1, 0.15) is 60.3 Å². The van der Waals surface area contributed by atoms with Crippen molar-refractivity contribution in [2.75, 3.05) is 0 Å². The summed E-state index contributed by atoms with van der Waals surface area (Å²) < 4.78 is 0. The summed E-state index contributed by atoms with van der Waals surface area (Å²) in [5, 5.41) is 0. The molecule has 2 rings (SSSR count). The maximum Gasteiger partial charge on any atom is -0.0281 e. The quantitative estimate of drug-likeness (QED) is 0.540. The van der Waals surface area contributed by atoms with Gasteiger partial charge in [-0.2, -0.15) is 0 Å². The fourth-order valence-electron chi connectivity index (χ4n) is 3.20. The molecule has 0 saturated carbocycles. The number of rotatable bonds is 1. The summed E-state index contributed by atoms with van der Waals surface area (Å²) in [5.41, 5.74) is 4.19. The molecule has 15 heavy (non-hydrogen) atoms. The molecular weight excluding hydrogens is 180 g/mol. The normalized spacial score (nSPS) is 24.4. The van der Waals surface area contributed by atoms with Crippen molar-refractivity contribution in [3.8, 4) is 0 Å².